The normalized spacial score (nSPS) is 15.4. The van der Waals surface area contributed by atoms with E-state index in [1.54, 1.807) is 6.20 Å². The number of carbonyl (C=O) groups excluding carboxylic acids is 2. The summed E-state index contributed by atoms with van der Waals surface area (Å²) in [7, 11) is 0. The molecule has 8 heteroatoms. The Bertz CT molecular complexity index is 849. The Kier molecular flexibility index (Phi) is 6.61. The van der Waals surface area contributed by atoms with Crippen molar-refractivity contribution < 1.29 is 19.4 Å². The van der Waals surface area contributed by atoms with Crippen LogP contribution < -0.4 is 5.73 Å². The second kappa shape index (κ2) is 9.14. The Morgan fingerprint density at radius 3 is 2.54 bits per heavy atom. The van der Waals surface area contributed by atoms with Crippen molar-refractivity contribution >= 4 is 23.5 Å². The Balaban J connectivity index is 1.58. The molecule has 0 saturated carbocycles. The number of piperidine rings is 1. The fourth-order valence-electron chi connectivity index (χ4n) is 3.32. The Labute approximate surface area is 168 Å². The van der Waals surface area contributed by atoms with Gasteiger partial charge in [0.15, 0.2) is 5.69 Å². The van der Waals surface area contributed by atoms with Gasteiger partial charge in [-0.25, -0.2) is 9.78 Å². The molecule has 0 radical (unpaired) electrons. The highest BCUT2D eigenvalue weighted by atomic mass is 35.5. The largest absolute Gasteiger partial charge is 0.505 e. The molecule has 1 fully saturated rings. The minimum atomic E-state index is -1.00. The summed E-state index contributed by atoms with van der Waals surface area (Å²) < 4.78 is 4.49. The average molecular weight is 404 g/mol. The smallest absolute Gasteiger partial charge is 0.368 e. The number of hydrogen-bond acceptors (Lipinski definition) is 7. The van der Waals surface area contributed by atoms with Crippen LogP contribution in [-0.2, 0) is 16.1 Å². The number of nitrogens with two attached hydrogens (primary N) is 1. The highest BCUT2D eigenvalue weighted by Gasteiger charge is 2.24. The van der Waals surface area contributed by atoms with Crippen molar-refractivity contribution in [3.8, 4) is 5.75 Å². The van der Waals surface area contributed by atoms with E-state index in [-0.39, 0.29) is 17.4 Å². The molecule has 1 aliphatic heterocycles. The number of nitrogens with zero attached hydrogens (tertiary/aromatic N) is 2. The predicted octanol–water partition coefficient (Wildman–Crippen LogP) is 2.46. The molecule has 0 atom stereocenters. The molecule has 0 amide bonds. The topological polar surface area (TPSA) is 106 Å². The lowest BCUT2D eigenvalue weighted by molar-refractivity contribution is -0.136. The van der Waals surface area contributed by atoms with Gasteiger partial charge in [0.25, 0.3) is 0 Å². The molecule has 0 aliphatic carbocycles. The number of ether oxygens (including phenoxy) is 1. The number of aromatic hydroxyl groups is 1. The van der Waals surface area contributed by atoms with Gasteiger partial charge in [-0.3, -0.25) is 9.69 Å². The molecule has 0 spiro atoms. The van der Waals surface area contributed by atoms with Crippen molar-refractivity contribution in [3.63, 3.8) is 0 Å². The van der Waals surface area contributed by atoms with Crippen molar-refractivity contribution in [1.82, 2.24) is 9.88 Å². The zero-order valence-electron chi connectivity index (χ0n) is 15.3. The molecular formula is C20H22ClN3O4. The fraction of sp³-hybridized carbons (Fsp3) is 0.350. The maximum atomic E-state index is 11.8. The lowest BCUT2D eigenvalue weighted by atomic mass is 9.90. The number of likely N-dealkylation sites (tertiary alicyclic amines) is 1. The first-order chi connectivity index (χ1) is 13.5. The number of halogens is 1. The van der Waals surface area contributed by atoms with Gasteiger partial charge in [0.1, 0.15) is 5.75 Å². The van der Waals surface area contributed by atoms with Crippen LogP contribution in [0.15, 0.2) is 36.5 Å². The van der Waals surface area contributed by atoms with Gasteiger partial charge >= 0.3 is 11.9 Å². The summed E-state index contributed by atoms with van der Waals surface area (Å²) in [4.78, 5) is 29.3. The molecule has 0 unspecified atom stereocenters. The Morgan fingerprint density at radius 1 is 1.25 bits per heavy atom. The van der Waals surface area contributed by atoms with Gasteiger partial charge in [0, 0.05) is 17.8 Å². The van der Waals surface area contributed by atoms with Crippen LogP contribution in [0.5, 0.6) is 5.75 Å². The fourth-order valence-corrected chi connectivity index (χ4v) is 3.44. The monoisotopic (exact) mass is 403 g/mol. The third-order valence-corrected chi connectivity index (χ3v) is 5.09. The summed E-state index contributed by atoms with van der Waals surface area (Å²) >= 11 is 5.93. The maximum Gasteiger partial charge on any atom is 0.368 e. The van der Waals surface area contributed by atoms with Gasteiger partial charge in [0.2, 0.25) is 0 Å². The van der Waals surface area contributed by atoms with Gasteiger partial charge in [0.05, 0.1) is 6.54 Å². The van der Waals surface area contributed by atoms with Gasteiger partial charge in [-0.15, -0.1) is 0 Å². The van der Waals surface area contributed by atoms with Crippen molar-refractivity contribution in [2.75, 3.05) is 19.6 Å². The minimum absolute atomic E-state index is 0.246. The van der Waals surface area contributed by atoms with Gasteiger partial charge in [-0.05, 0) is 61.2 Å². The summed E-state index contributed by atoms with van der Waals surface area (Å²) in [6.07, 6.45) is 3.40. The molecule has 1 saturated heterocycles. The third-order valence-electron chi connectivity index (χ3n) is 4.83. The molecule has 0 bridgehead atoms. The van der Waals surface area contributed by atoms with Crippen LogP contribution in [-0.4, -0.2) is 46.6 Å². The van der Waals surface area contributed by atoms with Crippen molar-refractivity contribution in [1.29, 1.82) is 0 Å². The Morgan fingerprint density at radius 2 is 1.93 bits per heavy atom. The van der Waals surface area contributed by atoms with Crippen LogP contribution in [0.1, 0.15) is 40.4 Å². The number of hydrogen-bond donors (Lipinski definition) is 2. The zero-order valence-corrected chi connectivity index (χ0v) is 16.1. The quantitative estimate of drug-likeness (QED) is 0.583. The highest BCUT2D eigenvalue weighted by molar-refractivity contribution is 6.30. The molecule has 2 aromatic rings. The van der Waals surface area contributed by atoms with Gasteiger partial charge in [-0.2, -0.15) is 0 Å². The van der Waals surface area contributed by atoms with E-state index in [9.17, 15) is 14.7 Å². The molecule has 7 nitrogen and oxygen atoms in total. The van der Waals surface area contributed by atoms with Crippen LogP contribution in [0.2, 0.25) is 5.02 Å². The van der Waals surface area contributed by atoms with E-state index in [0.29, 0.717) is 0 Å². The number of esters is 2. The number of rotatable bonds is 5. The third kappa shape index (κ3) is 5.07. The molecule has 1 aromatic carbocycles. The molecular weight excluding hydrogens is 382 g/mol. The van der Waals surface area contributed by atoms with E-state index in [1.807, 2.05) is 24.3 Å². The van der Waals surface area contributed by atoms with Crippen LogP contribution in [0.3, 0.4) is 0 Å². The summed E-state index contributed by atoms with van der Waals surface area (Å²) in [6.45, 7) is 2.29. The molecule has 1 aromatic heterocycles. The lowest BCUT2D eigenvalue weighted by Gasteiger charge is -2.32. The van der Waals surface area contributed by atoms with E-state index >= 15 is 0 Å². The van der Waals surface area contributed by atoms with Crippen LogP contribution in [0.4, 0.5) is 0 Å². The molecule has 1 aliphatic rings. The second-order valence-electron chi connectivity index (χ2n) is 6.78. The second-order valence-corrected chi connectivity index (χ2v) is 7.22. The lowest BCUT2D eigenvalue weighted by Crippen LogP contribution is -2.32. The van der Waals surface area contributed by atoms with E-state index in [4.69, 9.17) is 17.3 Å². The summed E-state index contributed by atoms with van der Waals surface area (Å²) in [5.74, 6) is -1.92. The van der Waals surface area contributed by atoms with Crippen LogP contribution in [0, 0.1) is 0 Å². The standard InChI is InChI=1S/C20H22ClN3O4/c21-16-3-1-13(2-4-16)12-24-7-5-14(6-8-24)15-9-17(25)19(23-11-15)20(27)28-18(26)10-22/h1-4,9,11,14,25H,5-8,10,12,22H2. The summed E-state index contributed by atoms with van der Waals surface area (Å²) in [6, 6.07) is 9.38. The van der Waals surface area contributed by atoms with Gasteiger partial charge < -0.3 is 15.6 Å². The number of aromatic nitrogens is 1. The number of carbonyl (C=O) groups is 2. The van der Waals surface area contributed by atoms with E-state index in [2.05, 4.69) is 14.6 Å². The molecule has 28 heavy (non-hydrogen) atoms. The number of pyridine rings is 1. The van der Waals surface area contributed by atoms with Gasteiger partial charge in [-0.1, -0.05) is 23.7 Å². The minimum Gasteiger partial charge on any atom is -0.505 e. The summed E-state index contributed by atoms with van der Waals surface area (Å²) in [5, 5.41) is 10.9. The molecule has 3 N–H and O–H groups in total. The first-order valence-electron chi connectivity index (χ1n) is 9.07. The van der Waals surface area contributed by atoms with Crippen molar-refractivity contribution in [2.24, 2.45) is 5.73 Å². The average Bonchev–Trinajstić information content (AvgIpc) is 2.70. The highest BCUT2D eigenvalue weighted by Crippen LogP contribution is 2.31. The van der Waals surface area contributed by atoms with Crippen molar-refractivity contribution in [2.45, 2.75) is 25.3 Å². The first kappa shape index (κ1) is 20.3. The van der Waals surface area contributed by atoms with Crippen molar-refractivity contribution in [3.05, 3.63) is 58.4 Å². The van der Waals surface area contributed by atoms with E-state index < -0.39 is 18.5 Å². The molecule has 3 rings (SSSR count). The first-order valence-corrected chi connectivity index (χ1v) is 9.45. The summed E-state index contributed by atoms with van der Waals surface area (Å²) in [5.41, 5.74) is 6.90. The van der Waals surface area contributed by atoms with E-state index in [1.165, 1.54) is 11.6 Å². The Hall–Kier alpha value is -2.48. The van der Waals surface area contributed by atoms with Crippen LogP contribution in [0.25, 0.3) is 0 Å². The number of benzene rings is 1. The van der Waals surface area contributed by atoms with E-state index in [0.717, 1.165) is 43.1 Å². The van der Waals surface area contributed by atoms with Crippen LogP contribution >= 0.6 is 11.6 Å². The maximum absolute atomic E-state index is 11.8. The molecule has 2 heterocycles. The SMILES string of the molecule is NCC(=O)OC(=O)c1ncc(C2CCN(Cc3ccc(Cl)cc3)CC2)cc1O. The predicted molar refractivity (Wildman–Crippen MR) is 104 cm³/mol. The molecule has 148 valence electrons. The zero-order chi connectivity index (χ0) is 20.1.